The van der Waals surface area contributed by atoms with Crippen LogP contribution in [0.25, 0.3) is 22.0 Å². The first-order valence-corrected chi connectivity index (χ1v) is 9.59. The van der Waals surface area contributed by atoms with Crippen LogP contribution in [0, 0.1) is 11.3 Å². The molecular weight excluding hydrogens is 425 g/mol. The van der Waals surface area contributed by atoms with Crippen LogP contribution in [0.3, 0.4) is 0 Å². The smallest absolute Gasteiger partial charge is 0.416 e. The first-order valence-electron chi connectivity index (χ1n) is 9.59. The number of pyridine rings is 1. The standard InChI is InChI=1S/C23H17F3N2O4/c1-2-32-20(30)9-8-19(29)21-22(31)17(12-27)16-7-6-14(11-18(16)28-21)13-4-3-5-15(10-13)23(24,25)26/h3-7,10-11,31H,2,8-9H2,1H3. The number of fused-ring (bicyclic) bond motifs is 1. The fourth-order valence-electron chi connectivity index (χ4n) is 3.18. The van der Waals surface area contributed by atoms with Crippen LogP contribution in [0.5, 0.6) is 5.75 Å². The van der Waals surface area contributed by atoms with Gasteiger partial charge in [0.25, 0.3) is 0 Å². The van der Waals surface area contributed by atoms with Gasteiger partial charge in [-0.05, 0) is 36.2 Å². The highest BCUT2D eigenvalue weighted by Crippen LogP contribution is 2.35. The highest BCUT2D eigenvalue weighted by atomic mass is 19.4. The summed E-state index contributed by atoms with van der Waals surface area (Å²) in [5.74, 6) is -1.87. The Labute approximate surface area is 180 Å². The van der Waals surface area contributed by atoms with Gasteiger partial charge in [-0.25, -0.2) is 4.98 Å². The van der Waals surface area contributed by atoms with Crippen molar-refractivity contribution in [2.24, 2.45) is 0 Å². The summed E-state index contributed by atoms with van der Waals surface area (Å²) in [5, 5.41) is 20.1. The maximum atomic E-state index is 13.1. The van der Waals surface area contributed by atoms with Crippen LogP contribution in [-0.2, 0) is 15.7 Å². The second-order valence-corrected chi connectivity index (χ2v) is 6.83. The van der Waals surface area contributed by atoms with E-state index in [4.69, 9.17) is 4.74 Å². The van der Waals surface area contributed by atoms with Gasteiger partial charge in [0.1, 0.15) is 17.3 Å². The van der Waals surface area contributed by atoms with Crippen molar-refractivity contribution in [3.8, 4) is 22.9 Å². The summed E-state index contributed by atoms with van der Waals surface area (Å²) in [4.78, 5) is 28.2. The first kappa shape index (κ1) is 22.7. The summed E-state index contributed by atoms with van der Waals surface area (Å²) in [7, 11) is 0. The maximum Gasteiger partial charge on any atom is 0.416 e. The van der Waals surface area contributed by atoms with Crippen molar-refractivity contribution >= 4 is 22.7 Å². The highest BCUT2D eigenvalue weighted by molar-refractivity contribution is 6.03. The molecule has 0 amide bonds. The molecule has 9 heteroatoms. The molecule has 0 spiro atoms. The van der Waals surface area contributed by atoms with Crippen molar-refractivity contribution in [2.45, 2.75) is 25.9 Å². The van der Waals surface area contributed by atoms with Gasteiger partial charge in [-0.2, -0.15) is 18.4 Å². The molecule has 0 atom stereocenters. The fraction of sp³-hybridized carbons (Fsp3) is 0.217. The van der Waals surface area contributed by atoms with Gasteiger partial charge in [-0.3, -0.25) is 9.59 Å². The SMILES string of the molecule is CCOC(=O)CCC(=O)c1nc2cc(-c3cccc(C(F)(F)F)c3)ccc2c(C#N)c1O. The molecule has 0 aliphatic rings. The number of hydrogen-bond donors (Lipinski definition) is 1. The number of nitrogens with zero attached hydrogens (tertiary/aromatic N) is 2. The Hall–Kier alpha value is -3.93. The minimum absolute atomic E-state index is 0.147. The number of esters is 1. The number of alkyl halides is 3. The second kappa shape index (κ2) is 9.06. The quantitative estimate of drug-likeness (QED) is 0.425. The van der Waals surface area contributed by atoms with Crippen molar-refractivity contribution < 1.29 is 32.6 Å². The summed E-state index contributed by atoms with van der Waals surface area (Å²) >= 11 is 0. The number of carbonyl (C=O) groups excluding carboxylic acids is 2. The van der Waals surface area contributed by atoms with Gasteiger partial charge in [0.05, 0.1) is 24.1 Å². The van der Waals surface area contributed by atoms with Gasteiger partial charge in [-0.15, -0.1) is 0 Å². The van der Waals surface area contributed by atoms with E-state index in [0.29, 0.717) is 5.56 Å². The Morgan fingerprint density at radius 1 is 1.12 bits per heavy atom. The van der Waals surface area contributed by atoms with Crippen molar-refractivity contribution in [1.82, 2.24) is 4.98 Å². The lowest BCUT2D eigenvalue weighted by Crippen LogP contribution is -2.10. The van der Waals surface area contributed by atoms with E-state index in [1.165, 1.54) is 30.3 Å². The molecule has 0 radical (unpaired) electrons. The van der Waals surface area contributed by atoms with Crippen LogP contribution in [0.1, 0.15) is 41.4 Å². The van der Waals surface area contributed by atoms with Crippen LogP contribution in [0.4, 0.5) is 13.2 Å². The van der Waals surface area contributed by atoms with E-state index in [2.05, 4.69) is 4.98 Å². The monoisotopic (exact) mass is 442 g/mol. The van der Waals surface area contributed by atoms with Gasteiger partial charge in [0.2, 0.25) is 0 Å². The Morgan fingerprint density at radius 3 is 2.50 bits per heavy atom. The van der Waals surface area contributed by atoms with Gasteiger partial charge < -0.3 is 9.84 Å². The fourth-order valence-corrected chi connectivity index (χ4v) is 3.18. The number of hydrogen-bond acceptors (Lipinski definition) is 6. The predicted octanol–water partition coefficient (Wildman–Crippen LogP) is 5.02. The van der Waals surface area contributed by atoms with Crippen LogP contribution in [0.15, 0.2) is 42.5 Å². The molecule has 0 saturated heterocycles. The number of aromatic hydroxyl groups is 1. The van der Waals surface area contributed by atoms with Crippen molar-refractivity contribution in [3.63, 3.8) is 0 Å². The topological polar surface area (TPSA) is 100 Å². The highest BCUT2D eigenvalue weighted by Gasteiger charge is 2.30. The lowest BCUT2D eigenvalue weighted by Gasteiger charge is -2.11. The molecule has 0 aliphatic heterocycles. The Balaban J connectivity index is 2.05. The third-order valence-electron chi connectivity index (χ3n) is 4.72. The van der Waals surface area contributed by atoms with Crippen LogP contribution in [-0.4, -0.2) is 28.4 Å². The molecule has 1 N–H and O–H groups in total. The zero-order valence-electron chi connectivity index (χ0n) is 16.9. The van der Waals surface area contributed by atoms with Crippen LogP contribution < -0.4 is 0 Å². The summed E-state index contributed by atoms with van der Waals surface area (Å²) in [5.41, 5.74) is -0.597. The number of ketones is 1. The van der Waals surface area contributed by atoms with E-state index in [0.717, 1.165) is 12.1 Å². The van der Waals surface area contributed by atoms with Gasteiger partial charge in [0, 0.05) is 11.8 Å². The Morgan fingerprint density at radius 2 is 1.84 bits per heavy atom. The van der Waals surface area contributed by atoms with Crippen molar-refractivity contribution in [1.29, 1.82) is 5.26 Å². The average Bonchev–Trinajstić information content (AvgIpc) is 2.76. The van der Waals surface area contributed by atoms with E-state index in [1.54, 1.807) is 6.92 Å². The number of halogens is 3. The summed E-state index contributed by atoms with van der Waals surface area (Å²) in [6, 6.07) is 10.9. The summed E-state index contributed by atoms with van der Waals surface area (Å²) in [6.07, 6.45) is -5.02. The summed E-state index contributed by atoms with van der Waals surface area (Å²) < 4.78 is 43.9. The van der Waals surface area contributed by atoms with Gasteiger partial charge in [-0.1, -0.05) is 24.3 Å². The number of aromatic nitrogens is 1. The molecule has 3 rings (SSSR count). The number of carbonyl (C=O) groups is 2. The molecule has 0 unspecified atom stereocenters. The normalized spacial score (nSPS) is 11.2. The van der Waals surface area contributed by atoms with Gasteiger partial charge >= 0.3 is 12.1 Å². The summed E-state index contributed by atoms with van der Waals surface area (Å²) in [6.45, 7) is 1.78. The maximum absolute atomic E-state index is 13.1. The van der Waals surface area contributed by atoms with Gasteiger partial charge in [0.15, 0.2) is 11.5 Å². The van der Waals surface area contributed by atoms with Crippen molar-refractivity contribution in [2.75, 3.05) is 6.61 Å². The molecule has 2 aromatic carbocycles. The lowest BCUT2D eigenvalue weighted by molar-refractivity contribution is -0.143. The van der Waals surface area contributed by atoms with Crippen molar-refractivity contribution in [3.05, 3.63) is 59.3 Å². The molecule has 3 aromatic rings. The van der Waals surface area contributed by atoms with E-state index in [-0.39, 0.29) is 47.2 Å². The van der Waals surface area contributed by atoms with E-state index < -0.39 is 29.2 Å². The Bertz CT molecular complexity index is 1250. The molecule has 0 aliphatic carbocycles. The van der Waals surface area contributed by atoms with E-state index >= 15 is 0 Å². The molecule has 164 valence electrons. The molecule has 6 nitrogen and oxygen atoms in total. The number of Topliss-reactive ketones (excluding diaryl/α,β-unsaturated/α-hetero) is 1. The zero-order valence-corrected chi connectivity index (χ0v) is 16.9. The number of nitriles is 1. The minimum Gasteiger partial charge on any atom is -0.504 e. The first-order chi connectivity index (χ1) is 15.2. The third kappa shape index (κ3) is 4.70. The third-order valence-corrected chi connectivity index (χ3v) is 4.72. The van der Waals surface area contributed by atoms with E-state index in [9.17, 15) is 33.1 Å². The average molecular weight is 442 g/mol. The lowest BCUT2D eigenvalue weighted by atomic mass is 9.98. The van der Waals surface area contributed by atoms with E-state index in [1.807, 2.05) is 6.07 Å². The minimum atomic E-state index is -4.51. The molecule has 1 heterocycles. The predicted molar refractivity (Wildman–Crippen MR) is 109 cm³/mol. The molecule has 0 bridgehead atoms. The molecular formula is C23H17F3N2O4. The molecule has 0 saturated carbocycles. The number of ether oxygens (including phenoxy) is 1. The number of benzene rings is 2. The molecule has 0 fully saturated rings. The van der Waals surface area contributed by atoms with Crippen LogP contribution in [0.2, 0.25) is 0 Å². The number of rotatable bonds is 6. The largest absolute Gasteiger partial charge is 0.504 e. The zero-order chi connectivity index (χ0) is 23.5. The van der Waals surface area contributed by atoms with Crippen LogP contribution >= 0.6 is 0 Å². The molecule has 32 heavy (non-hydrogen) atoms. The molecule has 1 aromatic heterocycles. The Kier molecular flexibility index (Phi) is 6.44. The second-order valence-electron chi connectivity index (χ2n) is 6.83.